The van der Waals surface area contributed by atoms with Crippen LogP contribution in [-0.4, -0.2) is 17.0 Å². The number of likely N-dealkylation sites (N-methyl/N-ethyl adjacent to an activating group) is 1. The molecule has 2 aromatic heterocycles. The van der Waals surface area contributed by atoms with Gasteiger partial charge in [0.1, 0.15) is 0 Å². The van der Waals surface area contributed by atoms with E-state index in [1.165, 1.54) is 11.3 Å². The summed E-state index contributed by atoms with van der Waals surface area (Å²) >= 11 is 0. The Bertz CT molecular complexity index is 843. The molecule has 4 nitrogen and oxygen atoms in total. The van der Waals surface area contributed by atoms with Crippen molar-refractivity contribution >= 4 is 29.1 Å². The van der Waals surface area contributed by atoms with Crippen molar-refractivity contribution in [2.75, 3.05) is 11.9 Å². The molecule has 1 aromatic carbocycles. The van der Waals surface area contributed by atoms with Crippen LogP contribution in [0.25, 0.3) is 23.4 Å². The zero-order chi connectivity index (χ0) is 14.2. The summed E-state index contributed by atoms with van der Waals surface area (Å²) in [5, 5.41) is 0. The number of oxazole rings is 1. The molecule has 1 aliphatic heterocycles. The average molecular weight is 275 g/mol. The number of nitrogens with zero attached hydrogens (tertiary/aromatic N) is 3. The Morgan fingerprint density at radius 1 is 1.10 bits per heavy atom. The topological polar surface area (TPSA) is 42.2 Å². The lowest BCUT2D eigenvalue weighted by Gasteiger charge is -2.25. The van der Waals surface area contributed by atoms with E-state index in [9.17, 15) is 0 Å². The van der Waals surface area contributed by atoms with E-state index < -0.39 is 0 Å². The number of fused-ring (bicyclic) bond motifs is 2. The quantitative estimate of drug-likeness (QED) is 0.678. The second-order valence-electron chi connectivity index (χ2n) is 4.90. The molecule has 0 amide bonds. The molecule has 21 heavy (non-hydrogen) atoms. The van der Waals surface area contributed by atoms with Crippen LogP contribution in [0.1, 0.15) is 11.5 Å². The van der Waals surface area contributed by atoms with Gasteiger partial charge in [-0.25, -0.2) is 4.98 Å². The highest BCUT2D eigenvalue weighted by molar-refractivity contribution is 5.79. The summed E-state index contributed by atoms with van der Waals surface area (Å²) in [6.45, 7) is 0. The molecular formula is C17H13N3O. The van der Waals surface area contributed by atoms with Gasteiger partial charge in [-0.15, -0.1) is 0 Å². The van der Waals surface area contributed by atoms with Crippen molar-refractivity contribution in [3.05, 3.63) is 65.8 Å². The van der Waals surface area contributed by atoms with E-state index in [0.29, 0.717) is 17.1 Å². The Balaban J connectivity index is 1.77. The smallest absolute Gasteiger partial charge is 0.223 e. The SMILES string of the molecule is CN1/C(=C/c2nc3ncccc3o2)C=Cc2ccccc21. The highest BCUT2D eigenvalue weighted by Gasteiger charge is 2.14. The van der Waals surface area contributed by atoms with Crippen LogP contribution < -0.4 is 4.90 Å². The maximum absolute atomic E-state index is 5.70. The molecular weight excluding hydrogens is 262 g/mol. The van der Waals surface area contributed by atoms with E-state index in [1.807, 2.05) is 37.4 Å². The van der Waals surface area contributed by atoms with E-state index in [0.717, 1.165) is 5.70 Å². The lowest BCUT2D eigenvalue weighted by atomic mass is 10.1. The zero-order valence-electron chi connectivity index (χ0n) is 11.5. The highest BCUT2D eigenvalue weighted by atomic mass is 16.3. The van der Waals surface area contributed by atoms with Gasteiger partial charge in [-0.1, -0.05) is 24.3 Å². The predicted octanol–water partition coefficient (Wildman–Crippen LogP) is 3.73. The minimum Gasteiger partial charge on any atom is -0.435 e. The minimum atomic E-state index is 0.564. The molecule has 0 saturated heterocycles. The summed E-state index contributed by atoms with van der Waals surface area (Å²) < 4.78 is 5.70. The highest BCUT2D eigenvalue weighted by Crippen LogP contribution is 2.30. The first-order chi connectivity index (χ1) is 10.3. The molecule has 0 atom stereocenters. The van der Waals surface area contributed by atoms with Crippen LogP contribution >= 0.6 is 0 Å². The van der Waals surface area contributed by atoms with Crippen molar-refractivity contribution in [1.82, 2.24) is 9.97 Å². The first kappa shape index (κ1) is 11.9. The van der Waals surface area contributed by atoms with Crippen LogP contribution in [-0.2, 0) is 0 Å². The summed E-state index contributed by atoms with van der Waals surface area (Å²) in [5.41, 5.74) is 4.73. The monoisotopic (exact) mass is 275 g/mol. The maximum atomic E-state index is 5.70. The van der Waals surface area contributed by atoms with Gasteiger partial charge < -0.3 is 9.32 Å². The molecule has 0 radical (unpaired) electrons. The van der Waals surface area contributed by atoms with Gasteiger partial charge in [0.2, 0.25) is 5.89 Å². The van der Waals surface area contributed by atoms with Crippen molar-refractivity contribution in [1.29, 1.82) is 0 Å². The van der Waals surface area contributed by atoms with Gasteiger partial charge >= 0.3 is 0 Å². The molecule has 4 rings (SSSR count). The maximum Gasteiger partial charge on any atom is 0.223 e. The lowest BCUT2D eigenvalue weighted by molar-refractivity contribution is 0.588. The lowest BCUT2D eigenvalue weighted by Crippen LogP contribution is -2.18. The molecule has 0 spiro atoms. The Kier molecular flexibility index (Phi) is 2.60. The number of allylic oxidation sites excluding steroid dienone is 1. The number of pyridine rings is 1. The van der Waals surface area contributed by atoms with Crippen molar-refractivity contribution in [2.24, 2.45) is 0 Å². The standard InChI is InChI=1S/C17H13N3O/c1-20-13(9-8-12-5-2-3-6-14(12)20)11-16-19-17-15(21-16)7-4-10-18-17/h2-11H,1H3/b13-11+. The van der Waals surface area contributed by atoms with E-state index in [4.69, 9.17) is 4.42 Å². The minimum absolute atomic E-state index is 0.564. The summed E-state index contributed by atoms with van der Waals surface area (Å²) in [6, 6.07) is 12.0. The molecule has 0 aliphatic carbocycles. The van der Waals surface area contributed by atoms with Gasteiger partial charge in [-0.2, -0.15) is 4.98 Å². The van der Waals surface area contributed by atoms with Crippen LogP contribution in [0.5, 0.6) is 0 Å². The number of hydrogen-bond acceptors (Lipinski definition) is 4. The summed E-state index contributed by atoms with van der Waals surface area (Å²) in [7, 11) is 2.04. The molecule has 0 saturated carbocycles. The van der Waals surface area contributed by atoms with E-state index in [2.05, 4.69) is 39.2 Å². The molecule has 3 heterocycles. The van der Waals surface area contributed by atoms with E-state index in [-0.39, 0.29) is 0 Å². The number of anilines is 1. The third-order valence-electron chi connectivity index (χ3n) is 3.57. The molecule has 4 heteroatoms. The Hall–Kier alpha value is -2.88. The van der Waals surface area contributed by atoms with Crippen molar-refractivity contribution in [3.8, 4) is 0 Å². The molecule has 1 aliphatic rings. The van der Waals surface area contributed by atoms with Gasteiger partial charge in [0, 0.05) is 30.7 Å². The number of aromatic nitrogens is 2. The van der Waals surface area contributed by atoms with Gasteiger partial charge in [0.15, 0.2) is 11.2 Å². The third-order valence-corrected chi connectivity index (χ3v) is 3.57. The second-order valence-corrected chi connectivity index (χ2v) is 4.90. The van der Waals surface area contributed by atoms with Gasteiger partial charge in [-0.3, -0.25) is 0 Å². The normalized spacial score (nSPS) is 15.7. The number of hydrogen-bond donors (Lipinski definition) is 0. The fraction of sp³-hybridized carbons (Fsp3) is 0.0588. The van der Waals surface area contributed by atoms with Crippen LogP contribution in [0, 0.1) is 0 Å². The van der Waals surface area contributed by atoms with Gasteiger partial charge in [-0.05, 0) is 29.8 Å². The molecule has 0 bridgehead atoms. The number of para-hydroxylation sites is 1. The Morgan fingerprint density at radius 2 is 2.00 bits per heavy atom. The zero-order valence-corrected chi connectivity index (χ0v) is 11.5. The number of benzene rings is 1. The van der Waals surface area contributed by atoms with Gasteiger partial charge in [0.05, 0.1) is 0 Å². The Labute approximate surface area is 122 Å². The van der Waals surface area contributed by atoms with Crippen molar-refractivity contribution in [3.63, 3.8) is 0 Å². The molecule has 102 valence electrons. The molecule has 0 N–H and O–H groups in total. The second kappa shape index (κ2) is 4.59. The third kappa shape index (κ3) is 2.01. The summed E-state index contributed by atoms with van der Waals surface area (Å²) in [5.74, 6) is 0.564. The largest absolute Gasteiger partial charge is 0.435 e. The average Bonchev–Trinajstić information content (AvgIpc) is 2.93. The summed E-state index contributed by atoms with van der Waals surface area (Å²) in [4.78, 5) is 10.7. The first-order valence-electron chi connectivity index (χ1n) is 6.75. The van der Waals surface area contributed by atoms with Crippen LogP contribution in [0.3, 0.4) is 0 Å². The molecule has 0 fully saturated rings. The van der Waals surface area contributed by atoms with E-state index in [1.54, 1.807) is 6.20 Å². The van der Waals surface area contributed by atoms with Crippen molar-refractivity contribution in [2.45, 2.75) is 0 Å². The fourth-order valence-corrected chi connectivity index (χ4v) is 2.48. The number of rotatable bonds is 1. The van der Waals surface area contributed by atoms with Gasteiger partial charge in [0.25, 0.3) is 0 Å². The first-order valence-corrected chi connectivity index (χ1v) is 6.75. The Morgan fingerprint density at radius 3 is 2.90 bits per heavy atom. The molecule has 0 unspecified atom stereocenters. The van der Waals surface area contributed by atoms with Crippen LogP contribution in [0.2, 0.25) is 0 Å². The van der Waals surface area contributed by atoms with Crippen molar-refractivity contribution < 1.29 is 4.42 Å². The summed E-state index contributed by atoms with van der Waals surface area (Å²) in [6.07, 6.45) is 7.80. The van der Waals surface area contributed by atoms with E-state index >= 15 is 0 Å². The van der Waals surface area contributed by atoms with Crippen LogP contribution in [0.4, 0.5) is 5.69 Å². The van der Waals surface area contributed by atoms with Crippen LogP contribution in [0.15, 0.2) is 58.8 Å². The fourth-order valence-electron chi connectivity index (χ4n) is 2.48. The predicted molar refractivity (Wildman–Crippen MR) is 83.7 cm³/mol. The molecule has 3 aromatic rings.